The van der Waals surface area contributed by atoms with Crippen LogP contribution in [-0.2, 0) is 10.0 Å². The number of pyridine rings is 1. The van der Waals surface area contributed by atoms with E-state index in [1.807, 2.05) is 42.5 Å². The maximum Gasteiger partial charge on any atom is 0.262 e. The van der Waals surface area contributed by atoms with Crippen molar-refractivity contribution < 1.29 is 22.7 Å². The zero-order chi connectivity index (χ0) is 28.3. The van der Waals surface area contributed by atoms with Crippen LogP contribution in [0.25, 0.3) is 22.2 Å². The molecular formula is C30H24ClN3O5S. The van der Waals surface area contributed by atoms with Crippen LogP contribution in [0.2, 0.25) is 5.02 Å². The molecule has 8 nitrogen and oxygen atoms in total. The van der Waals surface area contributed by atoms with E-state index in [0.717, 1.165) is 5.56 Å². The van der Waals surface area contributed by atoms with Gasteiger partial charge in [-0.15, -0.1) is 0 Å². The molecule has 0 aliphatic rings. The highest BCUT2D eigenvalue weighted by molar-refractivity contribution is 7.92. The van der Waals surface area contributed by atoms with E-state index in [0.29, 0.717) is 33.7 Å². The topological polar surface area (TPSA) is 107 Å². The average Bonchev–Trinajstić information content (AvgIpc) is 2.97. The Labute approximate surface area is 236 Å². The van der Waals surface area contributed by atoms with Crippen LogP contribution in [0.15, 0.2) is 102 Å². The summed E-state index contributed by atoms with van der Waals surface area (Å²) in [5.74, 6) is 0.598. The average molecular weight is 574 g/mol. The molecular weight excluding hydrogens is 550 g/mol. The van der Waals surface area contributed by atoms with Gasteiger partial charge < -0.3 is 14.8 Å². The Bertz CT molecular complexity index is 1830. The van der Waals surface area contributed by atoms with Crippen molar-refractivity contribution in [2.75, 3.05) is 24.3 Å². The molecule has 0 aliphatic carbocycles. The van der Waals surface area contributed by atoms with Crippen molar-refractivity contribution in [2.45, 2.75) is 4.90 Å². The second-order valence-corrected chi connectivity index (χ2v) is 10.8. The van der Waals surface area contributed by atoms with Crippen LogP contribution in [0.3, 0.4) is 0 Å². The summed E-state index contributed by atoms with van der Waals surface area (Å²) in [5, 5.41) is 3.59. The molecule has 0 radical (unpaired) electrons. The molecule has 0 unspecified atom stereocenters. The molecule has 0 aliphatic heterocycles. The van der Waals surface area contributed by atoms with Crippen molar-refractivity contribution in [3.05, 3.63) is 108 Å². The number of benzene rings is 4. The lowest BCUT2D eigenvalue weighted by molar-refractivity contribution is 0.102. The van der Waals surface area contributed by atoms with Gasteiger partial charge in [-0.25, -0.2) is 13.4 Å². The van der Waals surface area contributed by atoms with Crippen LogP contribution in [0.4, 0.5) is 11.4 Å². The molecule has 5 aromatic rings. The second-order valence-electron chi connectivity index (χ2n) is 8.70. The van der Waals surface area contributed by atoms with Crippen molar-refractivity contribution >= 4 is 49.8 Å². The summed E-state index contributed by atoms with van der Waals surface area (Å²) in [6.07, 6.45) is 0. The largest absolute Gasteiger partial charge is 0.497 e. The number of amides is 1. The molecule has 4 aromatic carbocycles. The van der Waals surface area contributed by atoms with Crippen LogP contribution in [0.5, 0.6) is 11.5 Å². The zero-order valence-corrected chi connectivity index (χ0v) is 23.1. The highest BCUT2D eigenvalue weighted by Gasteiger charge is 2.20. The van der Waals surface area contributed by atoms with Crippen molar-refractivity contribution in [1.29, 1.82) is 0 Å². The van der Waals surface area contributed by atoms with E-state index in [-0.39, 0.29) is 21.3 Å². The number of nitrogens with zero attached hydrogens (tertiary/aromatic N) is 1. The van der Waals surface area contributed by atoms with Gasteiger partial charge in [0, 0.05) is 10.9 Å². The first-order chi connectivity index (χ1) is 19.3. The zero-order valence-electron chi connectivity index (χ0n) is 21.5. The van der Waals surface area contributed by atoms with Crippen LogP contribution in [-0.4, -0.2) is 33.5 Å². The summed E-state index contributed by atoms with van der Waals surface area (Å²) >= 11 is 6.39. The summed E-state index contributed by atoms with van der Waals surface area (Å²) in [6, 6.07) is 27.1. The molecule has 5 rings (SSSR count). The van der Waals surface area contributed by atoms with Gasteiger partial charge >= 0.3 is 0 Å². The van der Waals surface area contributed by atoms with Gasteiger partial charge in [-0.05, 0) is 66.7 Å². The standard InChI is InChI=1S/C30H24ClN3O5S/c1-38-20-13-11-19(12-14-20)27-18-23(22-7-3-4-8-25(22)32-27)30(35)33-28-17-21(15-16-24(28)31)40(36,37)34-26-9-5-6-10-29(26)39-2/h3-18,34H,1-2H3,(H,33,35). The molecule has 0 saturated heterocycles. The lowest BCUT2D eigenvalue weighted by Gasteiger charge is -2.14. The van der Waals surface area contributed by atoms with Crippen LogP contribution in [0.1, 0.15) is 10.4 Å². The number of carbonyl (C=O) groups is 1. The van der Waals surface area contributed by atoms with Crippen LogP contribution < -0.4 is 19.5 Å². The number of halogens is 1. The first-order valence-electron chi connectivity index (χ1n) is 12.1. The van der Waals surface area contributed by atoms with Crippen LogP contribution in [0, 0.1) is 0 Å². The predicted octanol–water partition coefficient (Wildman–Crippen LogP) is 6.63. The Hall–Kier alpha value is -4.60. The van der Waals surface area contributed by atoms with Crippen molar-refractivity contribution in [3.63, 3.8) is 0 Å². The molecule has 0 fully saturated rings. The van der Waals surface area contributed by atoms with E-state index in [2.05, 4.69) is 10.0 Å². The molecule has 0 saturated carbocycles. The maximum absolute atomic E-state index is 13.6. The molecule has 10 heteroatoms. The minimum absolute atomic E-state index is 0.0865. The number of hydrogen-bond acceptors (Lipinski definition) is 6. The molecule has 0 spiro atoms. The van der Waals surface area contributed by atoms with Crippen molar-refractivity contribution in [1.82, 2.24) is 4.98 Å². The fourth-order valence-electron chi connectivity index (χ4n) is 4.16. The Morgan fingerprint density at radius 1 is 0.825 bits per heavy atom. The van der Waals surface area contributed by atoms with E-state index >= 15 is 0 Å². The number of anilines is 2. The predicted molar refractivity (Wildman–Crippen MR) is 157 cm³/mol. The number of carbonyl (C=O) groups excluding carboxylic acids is 1. The Kier molecular flexibility index (Phi) is 7.59. The number of fused-ring (bicyclic) bond motifs is 1. The Balaban J connectivity index is 1.49. The van der Waals surface area contributed by atoms with Gasteiger partial charge in [0.05, 0.1) is 52.3 Å². The normalized spacial score (nSPS) is 11.2. The number of rotatable bonds is 8. The minimum Gasteiger partial charge on any atom is -0.497 e. The van der Waals surface area contributed by atoms with Gasteiger partial charge in [0.15, 0.2) is 0 Å². The van der Waals surface area contributed by atoms with Gasteiger partial charge in [0.25, 0.3) is 15.9 Å². The van der Waals surface area contributed by atoms with Crippen molar-refractivity contribution in [3.8, 4) is 22.8 Å². The third kappa shape index (κ3) is 5.56. The minimum atomic E-state index is -4.03. The monoisotopic (exact) mass is 573 g/mol. The summed E-state index contributed by atoms with van der Waals surface area (Å²) in [6.45, 7) is 0. The lowest BCUT2D eigenvalue weighted by atomic mass is 10.0. The Morgan fingerprint density at radius 3 is 2.30 bits per heavy atom. The van der Waals surface area contributed by atoms with E-state index in [4.69, 9.17) is 26.1 Å². The molecule has 2 N–H and O–H groups in total. The van der Waals surface area contributed by atoms with Gasteiger partial charge in [-0.2, -0.15) is 0 Å². The highest BCUT2D eigenvalue weighted by Crippen LogP contribution is 2.31. The van der Waals surface area contributed by atoms with Crippen molar-refractivity contribution in [2.24, 2.45) is 0 Å². The molecule has 1 amide bonds. The lowest BCUT2D eigenvalue weighted by Crippen LogP contribution is -2.16. The number of methoxy groups -OCH3 is 2. The van der Waals surface area contributed by atoms with Crippen LogP contribution >= 0.6 is 11.6 Å². The van der Waals surface area contributed by atoms with E-state index in [9.17, 15) is 13.2 Å². The third-order valence-electron chi connectivity index (χ3n) is 6.19. The molecule has 0 atom stereocenters. The Morgan fingerprint density at radius 2 is 1.55 bits per heavy atom. The highest BCUT2D eigenvalue weighted by atomic mass is 35.5. The summed E-state index contributed by atoms with van der Waals surface area (Å²) < 4.78 is 39.3. The summed E-state index contributed by atoms with van der Waals surface area (Å²) in [5.41, 5.74) is 2.79. The van der Waals surface area contributed by atoms with E-state index < -0.39 is 15.9 Å². The fourth-order valence-corrected chi connectivity index (χ4v) is 5.42. The van der Waals surface area contributed by atoms with E-state index in [1.54, 1.807) is 43.5 Å². The molecule has 1 heterocycles. The van der Waals surface area contributed by atoms with Gasteiger partial charge in [0.2, 0.25) is 0 Å². The summed E-state index contributed by atoms with van der Waals surface area (Å²) in [4.78, 5) is 18.2. The fraction of sp³-hybridized carbons (Fsp3) is 0.0667. The first kappa shape index (κ1) is 27.0. The number of ether oxygens (including phenoxy) is 2. The number of sulfonamides is 1. The molecule has 1 aromatic heterocycles. The molecule has 0 bridgehead atoms. The van der Waals surface area contributed by atoms with Gasteiger partial charge in [-0.1, -0.05) is 41.9 Å². The van der Waals surface area contributed by atoms with E-state index in [1.165, 1.54) is 25.3 Å². The van der Waals surface area contributed by atoms with Gasteiger partial charge in [-0.3, -0.25) is 9.52 Å². The second kappa shape index (κ2) is 11.3. The molecule has 202 valence electrons. The third-order valence-corrected chi connectivity index (χ3v) is 7.89. The van der Waals surface area contributed by atoms with Gasteiger partial charge in [0.1, 0.15) is 11.5 Å². The number of nitrogens with one attached hydrogen (secondary N) is 2. The molecule has 40 heavy (non-hydrogen) atoms. The SMILES string of the molecule is COc1ccc(-c2cc(C(=O)Nc3cc(S(=O)(=O)Nc4ccccc4OC)ccc3Cl)c3ccccc3n2)cc1. The first-order valence-corrected chi connectivity index (χ1v) is 14.0. The smallest absolute Gasteiger partial charge is 0.262 e. The number of aromatic nitrogens is 1. The quantitative estimate of drug-likeness (QED) is 0.216. The summed E-state index contributed by atoms with van der Waals surface area (Å²) in [7, 11) is -0.990. The maximum atomic E-state index is 13.6. The number of para-hydroxylation sites is 3. The number of hydrogen-bond donors (Lipinski definition) is 2.